The lowest BCUT2D eigenvalue weighted by molar-refractivity contribution is -0.156. The van der Waals surface area contributed by atoms with Crippen molar-refractivity contribution in [2.45, 2.75) is 93.3 Å². The molecule has 0 N–H and O–H groups in total. The molecule has 0 radical (unpaired) electrons. The second kappa shape index (κ2) is 15.5. The van der Waals surface area contributed by atoms with Gasteiger partial charge in [0.05, 0.1) is 11.8 Å². The van der Waals surface area contributed by atoms with Gasteiger partial charge in [0.15, 0.2) is 0 Å². The molecule has 0 fully saturated rings. The molecule has 2 aromatic rings. The molecular formula is C34H46O6. The van der Waals surface area contributed by atoms with Gasteiger partial charge in [0.1, 0.15) is 24.8 Å². The Morgan fingerprint density at radius 1 is 0.675 bits per heavy atom. The van der Waals surface area contributed by atoms with Crippen LogP contribution >= 0.6 is 0 Å². The molecule has 2 unspecified atom stereocenters. The van der Waals surface area contributed by atoms with Gasteiger partial charge in [-0.15, -0.1) is 0 Å². The summed E-state index contributed by atoms with van der Waals surface area (Å²) in [5.74, 6) is -0.996. The molecule has 2 aromatic carbocycles. The van der Waals surface area contributed by atoms with E-state index in [0.29, 0.717) is 32.1 Å². The van der Waals surface area contributed by atoms with E-state index >= 15 is 0 Å². The van der Waals surface area contributed by atoms with E-state index in [2.05, 4.69) is 0 Å². The minimum atomic E-state index is -0.790. The molecule has 0 aliphatic heterocycles. The summed E-state index contributed by atoms with van der Waals surface area (Å²) in [7, 11) is 0. The van der Waals surface area contributed by atoms with Gasteiger partial charge in [0.25, 0.3) is 0 Å². The van der Waals surface area contributed by atoms with Gasteiger partial charge >= 0.3 is 11.9 Å². The summed E-state index contributed by atoms with van der Waals surface area (Å²) < 4.78 is 10.9. The summed E-state index contributed by atoms with van der Waals surface area (Å²) in [5.41, 5.74) is 0.685. The van der Waals surface area contributed by atoms with Crippen LogP contribution < -0.4 is 0 Å². The van der Waals surface area contributed by atoms with Crippen molar-refractivity contribution in [2.24, 2.45) is 22.7 Å². The lowest BCUT2D eigenvalue weighted by atomic mass is 9.78. The highest BCUT2D eigenvalue weighted by Gasteiger charge is 2.33. The summed E-state index contributed by atoms with van der Waals surface area (Å²) in [6.45, 7) is 11.7. The predicted molar refractivity (Wildman–Crippen MR) is 156 cm³/mol. The normalized spacial score (nSPS) is 13.2. The Hall–Kier alpha value is -3.28. The summed E-state index contributed by atoms with van der Waals surface area (Å²) in [5, 5.41) is 0. The van der Waals surface area contributed by atoms with Crippen LogP contribution in [0.25, 0.3) is 0 Å². The van der Waals surface area contributed by atoms with Crippen LogP contribution in [-0.4, -0.2) is 23.5 Å². The molecule has 0 heterocycles. The Balaban J connectivity index is 1.70. The summed E-state index contributed by atoms with van der Waals surface area (Å²) in [6.07, 6.45) is 2.27. The first kappa shape index (κ1) is 32.9. The number of esters is 2. The smallest absolute Gasteiger partial charge is 0.311 e. The van der Waals surface area contributed by atoms with Crippen LogP contribution in [0.4, 0.5) is 0 Å². The molecule has 0 saturated carbocycles. The number of benzene rings is 2. The third-order valence-electron chi connectivity index (χ3n) is 7.25. The molecule has 40 heavy (non-hydrogen) atoms. The van der Waals surface area contributed by atoms with Crippen molar-refractivity contribution in [3.63, 3.8) is 0 Å². The molecule has 2 atom stereocenters. The number of hydrogen-bond donors (Lipinski definition) is 0. The molecule has 0 spiro atoms. The minimum Gasteiger partial charge on any atom is -0.461 e. The Morgan fingerprint density at radius 2 is 1.12 bits per heavy atom. The summed E-state index contributed by atoms with van der Waals surface area (Å²) >= 11 is 0. The lowest BCUT2D eigenvalue weighted by Gasteiger charge is -2.27. The van der Waals surface area contributed by atoms with Gasteiger partial charge in [-0.25, -0.2) is 0 Å². The summed E-state index contributed by atoms with van der Waals surface area (Å²) in [4.78, 5) is 50.6. The molecular weight excluding hydrogens is 504 g/mol. The standard InChI is InChI=1S/C34H46O6/c1-25(20-33(3,4)22-31(37)39-23-27-14-9-7-10-15-27)29(35)18-13-19-30(36)26(2)21-34(5,6)32(38)40-24-28-16-11-8-12-17-28/h7-12,14-17,25-26H,13,18-24H2,1-6H3. The number of ketones is 2. The van der Waals surface area contributed by atoms with Crippen LogP contribution in [0.2, 0.25) is 0 Å². The molecule has 0 amide bonds. The molecule has 6 nitrogen and oxygen atoms in total. The SMILES string of the molecule is CC(CC(C)(C)CC(=O)OCc1ccccc1)C(=O)CCCC(=O)C(C)CC(C)(C)C(=O)OCc1ccccc1. The predicted octanol–water partition coefficient (Wildman–Crippen LogP) is 7.28. The zero-order valence-corrected chi connectivity index (χ0v) is 25.0. The van der Waals surface area contributed by atoms with E-state index in [1.54, 1.807) is 13.8 Å². The van der Waals surface area contributed by atoms with Crippen molar-refractivity contribution >= 4 is 23.5 Å². The molecule has 2 rings (SSSR count). The third-order valence-corrected chi connectivity index (χ3v) is 7.25. The highest BCUT2D eigenvalue weighted by molar-refractivity contribution is 5.84. The maximum atomic E-state index is 12.8. The molecule has 0 aliphatic carbocycles. The van der Waals surface area contributed by atoms with Crippen molar-refractivity contribution < 1.29 is 28.7 Å². The summed E-state index contributed by atoms with van der Waals surface area (Å²) in [6, 6.07) is 19.0. The number of Topliss-reactive ketones (excluding diaryl/α,β-unsaturated/α-hetero) is 2. The van der Waals surface area contributed by atoms with Gasteiger partial charge in [0, 0.05) is 24.7 Å². The van der Waals surface area contributed by atoms with Gasteiger partial charge in [0.2, 0.25) is 0 Å². The fourth-order valence-electron chi connectivity index (χ4n) is 5.01. The average Bonchev–Trinajstić information content (AvgIpc) is 2.90. The van der Waals surface area contributed by atoms with E-state index in [1.807, 2.05) is 88.4 Å². The molecule has 218 valence electrons. The van der Waals surface area contributed by atoms with Gasteiger partial charge in [-0.05, 0) is 49.7 Å². The zero-order valence-electron chi connectivity index (χ0n) is 25.0. The third kappa shape index (κ3) is 11.8. The number of rotatable bonds is 17. The maximum Gasteiger partial charge on any atom is 0.311 e. The van der Waals surface area contributed by atoms with Gasteiger partial charge in [-0.3, -0.25) is 19.2 Å². The largest absolute Gasteiger partial charge is 0.461 e. The topological polar surface area (TPSA) is 86.7 Å². The van der Waals surface area contributed by atoms with E-state index in [-0.39, 0.29) is 60.4 Å². The fraction of sp³-hybridized carbons (Fsp3) is 0.529. The Kier molecular flexibility index (Phi) is 12.8. The van der Waals surface area contributed by atoms with E-state index in [9.17, 15) is 19.2 Å². The quantitative estimate of drug-likeness (QED) is 0.192. The first-order valence-electron chi connectivity index (χ1n) is 14.3. The van der Waals surface area contributed by atoms with E-state index in [4.69, 9.17) is 9.47 Å². The first-order chi connectivity index (χ1) is 18.8. The molecule has 0 bridgehead atoms. The van der Waals surface area contributed by atoms with E-state index in [1.165, 1.54) is 0 Å². The zero-order chi connectivity index (χ0) is 29.8. The molecule has 6 heteroatoms. The van der Waals surface area contributed by atoms with Crippen LogP contribution in [0.3, 0.4) is 0 Å². The number of hydrogen-bond acceptors (Lipinski definition) is 6. The van der Waals surface area contributed by atoms with Crippen LogP contribution in [0.1, 0.15) is 91.2 Å². The monoisotopic (exact) mass is 550 g/mol. The molecule has 0 aromatic heterocycles. The van der Waals surface area contributed by atoms with Crippen molar-refractivity contribution in [1.29, 1.82) is 0 Å². The fourth-order valence-corrected chi connectivity index (χ4v) is 5.01. The maximum absolute atomic E-state index is 12.8. The van der Waals surface area contributed by atoms with Crippen molar-refractivity contribution in [2.75, 3.05) is 0 Å². The second-order valence-electron chi connectivity index (χ2n) is 12.4. The molecule has 0 saturated heterocycles. The van der Waals surface area contributed by atoms with Gasteiger partial charge in [-0.1, -0.05) is 88.4 Å². The highest BCUT2D eigenvalue weighted by Crippen LogP contribution is 2.32. The highest BCUT2D eigenvalue weighted by atomic mass is 16.5. The van der Waals surface area contributed by atoms with E-state index in [0.717, 1.165) is 11.1 Å². The van der Waals surface area contributed by atoms with Crippen molar-refractivity contribution in [1.82, 2.24) is 0 Å². The van der Waals surface area contributed by atoms with Crippen molar-refractivity contribution in [3.05, 3.63) is 71.8 Å². The number of carbonyl (C=O) groups is 4. The second-order valence-corrected chi connectivity index (χ2v) is 12.4. The Labute approximate surface area is 239 Å². The lowest BCUT2D eigenvalue weighted by Crippen LogP contribution is -2.30. The van der Waals surface area contributed by atoms with Crippen LogP contribution in [0.5, 0.6) is 0 Å². The Morgan fingerprint density at radius 3 is 1.62 bits per heavy atom. The van der Waals surface area contributed by atoms with Crippen LogP contribution in [-0.2, 0) is 41.9 Å². The molecule has 0 aliphatic rings. The number of ether oxygens (including phenoxy) is 2. The van der Waals surface area contributed by atoms with Crippen LogP contribution in [0, 0.1) is 22.7 Å². The average molecular weight is 551 g/mol. The van der Waals surface area contributed by atoms with Crippen LogP contribution in [0.15, 0.2) is 60.7 Å². The number of carbonyl (C=O) groups excluding carboxylic acids is 4. The van der Waals surface area contributed by atoms with Gasteiger partial charge in [-0.2, -0.15) is 0 Å². The Bertz CT molecular complexity index is 1100. The first-order valence-corrected chi connectivity index (χ1v) is 14.3. The van der Waals surface area contributed by atoms with E-state index < -0.39 is 5.41 Å². The van der Waals surface area contributed by atoms with Gasteiger partial charge < -0.3 is 9.47 Å². The minimum absolute atomic E-state index is 0.0471. The van der Waals surface area contributed by atoms with Crippen molar-refractivity contribution in [3.8, 4) is 0 Å².